The fourth-order valence-electron chi connectivity index (χ4n) is 3.89. The van der Waals surface area contributed by atoms with Gasteiger partial charge in [-0.2, -0.15) is 8.42 Å². The first-order chi connectivity index (χ1) is 14.4. The van der Waals surface area contributed by atoms with E-state index in [0.29, 0.717) is 42.4 Å². The first-order valence-corrected chi connectivity index (χ1v) is 11.1. The first kappa shape index (κ1) is 20.2. The van der Waals surface area contributed by atoms with Crippen molar-refractivity contribution in [2.24, 2.45) is 4.40 Å². The maximum Gasteiger partial charge on any atom is 0.285 e. The molecule has 0 radical (unpaired) electrons. The predicted molar refractivity (Wildman–Crippen MR) is 111 cm³/mol. The molecular weight excluding hydrogens is 406 g/mol. The summed E-state index contributed by atoms with van der Waals surface area (Å²) in [6.45, 7) is 0.905. The fraction of sp³-hybridized carbons (Fsp3) is 0.333. The molecule has 1 fully saturated rings. The van der Waals surface area contributed by atoms with Crippen LogP contribution in [0.5, 0.6) is 11.5 Å². The average molecular weight is 429 g/mol. The van der Waals surface area contributed by atoms with Crippen LogP contribution < -0.4 is 14.8 Å². The van der Waals surface area contributed by atoms with Crippen LogP contribution in [0.25, 0.3) is 0 Å². The Kier molecular flexibility index (Phi) is 5.38. The lowest BCUT2D eigenvalue weighted by molar-refractivity contribution is -0.124. The van der Waals surface area contributed by atoms with Crippen molar-refractivity contribution in [2.75, 3.05) is 20.8 Å². The lowest BCUT2D eigenvalue weighted by atomic mass is 10.1. The third kappa shape index (κ3) is 3.60. The quantitative estimate of drug-likeness (QED) is 0.780. The van der Waals surface area contributed by atoms with Crippen molar-refractivity contribution < 1.29 is 22.7 Å². The third-order valence-electron chi connectivity index (χ3n) is 5.35. The highest BCUT2D eigenvalue weighted by atomic mass is 32.2. The number of ether oxygens (including phenoxy) is 2. The Morgan fingerprint density at radius 2 is 1.93 bits per heavy atom. The first-order valence-electron chi connectivity index (χ1n) is 9.64. The number of amides is 1. The summed E-state index contributed by atoms with van der Waals surface area (Å²) in [5.74, 6) is 1.41. The standard InChI is InChI=1S/C21H23N3O5S/c1-28-17-10-9-14(12-18(17)29-2)13-22-21(25)16-7-5-11-24(16)20-15-6-3-4-8-19(15)30(26,27)23-20/h3-4,6,8-10,12,16H,5,7,11,13H2,1-2H3,(H,22,25)/t16-/m0/s1. The van der Waals surface area contributed by atoms with Gasteiger partial charge in [0.15, 0.2) is 17.3 Å². The molecular formula is C21H23N3O5S. The van der Waals surface area contributed by atoms with Gasteiger partial charge in [-0.1, -0.05) is 18.2 Å². The Morgan fingerprint density at radius 1 is 1.17 bits per heavy atom. The lowest BCUT2D eigenvalue weighted by Gasteiger charge is -2.25. The topological polar surface area (TPSA) is 97.3 Å². The zero-order valence-corrected chi connectivity index (χ0v) is 17.6. The van der Waals surface area contributed by atoms with Crippen molar-refractivity contribution in [1.29, 1.82) is 0 Å². The normalized spacial score (nSPS) is 19.2. The van der Waals surface area contributed by atoms with Crippen molar-refractivity contribution in [2.45, 2.75) is 30.3 Å². The number of likely N-dealkylation sites (tertiary alicyclic amines) is 1. The minimum Gasteiger partial charge on any atom is -0.493 e. The van der Waals surface area contributed by atoms with Crippen molar-refractivity contribution in [1.82, 2.24) is 10.2 Å². The maximum atomic E-state index is 12.9. The molecule has 2 heterocycles. The molecule has 8 nitrogen and oxygen atoms in total. The molecule has 30 heavy (non-hydrogen) atoms. The number of rotatable bonds is 5. The molecule has 0 bridgehead atoms. The van der Waals surface area contributed by atoms with Crippen LogP contribution >= 0.6 is 0 Å². The number of sulfonamides is 1. The van der Waals surface area contributed by atoms with E-state index in [0.717, 1.165) is 12.0 Å². The summed E-state index contributed by atoms with van der Waals surface area (Å²) in [6.07, 6.45) is 1.43. The summed E-state index contributed by atoms with van der Waals surface area (Å²) in [6, 6.07) is 11.7. The van der Waals surface area contributed by atoms with Gasteiger partial charge in [-0.25, -0.2) is 0 Å². The van der Waals surface area contributed by atoms with Gasteiger partial charge in [0.05, 0.1) is 14.2 Å². The summed E-state index contributed by atoms with van der Waals surface area (Å²) in [5, 5.41) is 2.95. The van der Waals surface area contributed by atoms with Gasteiger partial charge < -0.3 is 19.7 Å². The number of methoxy groups -OCH3 is 2. The van der Waals surface area contributed by atoms with Crippen LogP contribution in [0.1, 0.15) is 24.0 Å². The van der Waals surface area contributed by atoms with Gasteiger partial charge >= 0.3 is 0 Å². The number of carbonyl (C=O) groups is 1. The zero-order chi connectivity index (χ0) is 21.3. The number of hydrogen-bond acceptors (Lipinski definition) is 6. The molecule has 1 atom stereocenters. The Bertz CT molecular complexity index is 1110. The van der Waals surface area contributed by atoms with Gasteiger partial charge in [0.1, 0.15) is 10.9 Å². The lowest BCUT2D eigenvalue weighted by Crippen LogP contribution is -2.45. The summed E-state index contributed by atoms with van der Waals surface area (Å²) in [4.78, 5) is 14.9. The number of hydrogen-bond donors (Lipinski definition) is 1. The molecule has 0 aromatic heterocycles. The highest BCUT2D eigenvalue weighted by Crippen LogP contribution is 2.31. The number of fused-ring (bicyclic) bond motifs is 1. The smallest absolute Gasteiger partial charge is 0.285 e. The molecule has 0 aliphatic carbocycles. The second kappa shape index (κ2) is 7.98. The molecule has 1 N–H and O–H groups in total. The van der Waals surface area contributed by atoms with Gasteiger partial charge in [-0.15, -0.1) is 4.40 Å². The summed E-state index contributed by atoms with van der Waals surface area (Å²) in [5.41, 5.74) is 1.42. The van der Waals surface area contributed by atoms with Gasteiger partial charge in [0.25, 0.3) is 10.0 Å². The van der Waals surface area contributed by atoms with Gasteiger partial charge in [-0.3, -0.25) is 4.79 Å². The van der Waals surface area contributed by atoms with Crippen molar-refractivity contribution in [3.05, 3.63) is 53.6 Å². The molecule has 1 amide bonds. The van der Waals surface area contributed by atoms with Gasteiger partial charge in [0, 0.05) is 18.7 Å². The molecule has 0 spiro atoms. The average Bonchev–Trinajstić information content (AvgIpc) is 3.34. The van der Waals surface area contributed by atoms with E-state index >= 15 is 0 Å². The molecule has 2 aliphatic heterocycles. The minimum absolute atomic E-state index is 0.160. The van der Waals surface area contributed by atoms with Crippen LogP contribution in [0, 0.1) is 0 Å². The molecule has 2 aromatic carbocycles. The number of benzene rings is 2. The minimum atomic E-state index is -3.72. The van der Waals surface area contributed by atoms with E-state index < -0.39 is 16.1 Å². The van der Waals surface area contributed by atoms with E-state index in [-0.39, 0.29) is 10.8 Å². The van der Waals surface area contributed by atoms with Gasteiger partial charge in [-0.05, 0) is 42.7 Å². The van der Waals surface area contributed by atoms with Crippen LogP contribution in [0.2, 0.25) is 0 Å². The zero-order valence-electron chi connectivity index (χ0n) is 16.8. The largest absolute Gasteiger partial charge is 0.493 e. The maximum absolute atomic E-state index is 12.9. The molecule has 0 saturated carbocycles. The number of amidine groups is 1. The molecule has 158 valence electrons. The van der Waals surface area contributed by atoms with Crippen molar-refractivity contribution in [3.8, 4) is 11.5 Å². The number of carbonyl (C=O) groups excluding carboxylic acids is 1. The Balaban J connectivity index is 1.50. The monoisotopic (exact) mass is 429 g/mol. The summed E-state index contributed by atoms with van der Waals surface area (Å²) < 4.78 is 39.3. The number of nitrogens with one attached hydrogen (secondary N) is 1. The predicted octanol–water partition coefficient (Wildman–Crippen LogP) is 1.93. The fourth-order valence-corrected chi connectivity index (χ4v) is 5.10. The second-order valence-corrected chi connectivity index (χ2v) is 8.72. The summed E-state index contributed by atoms with van der Waals surface area (Å²) in [7, 11) is -0.594. The van der Waals surface area contributed by atoms with Crippen molar-refractivity contribution >= 4 is 21.8 Å². The van der Waals surface area contributed by atoms with E-state index in [1.165, 1.54) is 0 Å². The Hall–Kier alpha value is -3.07. The van der Waals surface area contributed by atoms with E-state index in [9.17, 15) is 13.2 Å². The third-order valence-corrected chi connectivity index (χ3v) is 6.68. The van der Waals surface area contributed by atoms with Gasteiger partial charge in [0.2, 0.25) is 5.91 Å². The van der Waals surface area contributed by atoms with Crippen LogP contribution in [0.3, 0.4) is 0 Å². The van der Waals surface area contributed by atoms with E-state index in [4.69, 9.17) is 9.47 Å². The number of nitrogens with zero attached hydrogens (tertiary/aromatic N) is 2. The highest BCUT2D eigenvalue weighted by Gasteiger charge is 2.39. The molecule has 4 rings (SSSR count). The van der Waals surface area contributed by atoms with E-state index in [2.05, 4.69) is 9.71 Å². The van der Waals surface area contributed by atoms with Crippen LogP contribution in [-0.4, -0.2) is 51.9 Å². The van der Waals surface area contributed by atoms with E-state index in [1.54, 1.807) is 49.5 Å². The Morgan fingerprint density at radius 3 is 2.70 bits per heavy atom. The van der Waals surface area contributed by atoms with Crippen LogP contribution in [0.15, 0.2) is 51.8 Å². The SMILES string of the molecule is COc1ccc(CNC(=O)[C@@H]2CCCN2C2=NS(=O)(=O)c3ccccc32)cc1OC. The molecule has 0 unspecified atom stereocenters. The van der Waals surface area contributed by atoms with E-state index in [1.807, 2.05) is 12.1 Å². The highest BCUT2D eigenvalue weighted by molar-refractivity contribution is 7.90. The molecule has 2 aliphatic rings. The molecule has 9 heteroatoms. The van der Waals surface area contributed by atoms with Crippen LogP contribution in [0.4, 0.5) is 0 Å². The molecule has 1 saturated heterocycles. The molecule has 2 aromatic rings. The van der Waals surface area contributed by atoms with Crippen molar-refractivity contribution in [3.63, 3.8) is 0 Å². The second-order valence-electron chi connectivity index (χ2n) is 7.14. The Labute approximate surface area is 175 Å². The summed E-state index contributed by atoms with van der Waals surface area (Å²) >= 11 is 0. The van der Waals surface area contributed by atoms with Crippen LogP contribution in [-0.2, 0) is 21.4 Å².